The third kappa shape index (κ3) is 3.29. The van der Waals surface area contributed by atoms with Crippen LogP contribution in [0, 0.1) is 11.8 Å². The predicted molar refractivity (Wildman–Crippen MR) is 134 cm³/mol. The van der Waals surface area contributed by atoms with Gasteiger partial charge in [-0.15, -0.1) is 0 Å². The Kier molecular flexibility index (Phi) is 5.52. The molecule has 3 aliphatic heterocycles. The minimum Gasteiger partial charge on any atom is -0.324 e. The largest absolute Gasteiger partial charge is 0.324 e. The van der Waals surface area contributed by atoms with E-state index in [1.54, 1.807) is 4.90 Å². The number of rotatable bonds is 4. The van der Waals surface area contributed by atoms with Crippen LogP contribution < -0.4 is 10.6 Å². The van der Waals surface area contributed by atoms with E-state index < -0.39 is 17.4 Å². The molecule has 6 heteroatoms. The number of nitrogens with one attached hydrogen (secondary N) is 2. The summed E-state index contributed by atoms with van der Waals surface area (Å²) in [6.45, 7) is 2.06. The van der Waals surface area contributed by atoms with Gasteiger partial charge < -0.3 is 5.32 Å². The molecule has 2 aromatic carbocycles. The van der Waals surface area contributed by atoms with E-state index in [0.717, 1.165) is 67.3 Å². The van der Waals surface area contributed by atoms with E-state index in [2.05, 4.69) is 17.6 Å². The quantitative estimate of drug-likeness (QED) is 0.523. The van der Waals surface area contributed by atoms with Crippen LogP contribution in [0.15, 0.2) is 48.5 Å². The summed E-state index contributed by atoms with van der Waals surface area (Å²) in [6, 6.07) is 15.6. The van der Waals surface area contributed by atoms with E-state index in [4.69, 9.17) is 0 Å². The van der Waals surface area contributed by atoms with Gasteiger partial charge in [-0.05, 0) is 36.8 Å². The third-order valence-corrected chi connectivity index (χ3v) is 8.74. The molecule has 182 valence electrons. The molecule has 1 saturated carbocycles. The number of hydrogen-bond acceptors (Lipinski definition) is 4. The minimum atomic E-state index is -1.21. The Hall–Kier alpha value is -2.99. The molecule has 6 rings (SSSR count). The maximum Gasteiger partial charge on any atom is 0.250 e. The van der Waals surface area contributed by atoms with Gasteiger partial charge in [0, 0.05) is 23.3 Å². The number of carbonyl (C=O) groups is 3. The van der Waals surface area contributed by atoms with E-state index in [1.165, 1.54) is 0 Å². The standard InChI is InChI=1S/C29H33N3O3/c1-2-19-13-10-16-21-25(19)30-28(35)29(21)24-23(22(31-29)17-18-11-6-5-7-12-18)26(33)32(27(24)34)20-14-8-3-4-9-15-20/h5-7,10-13,16,20,22-24,31H,2-4,8-9,14-15,17H2,1H3,(H,30,35)/t22-,23+,24+,29+/m0/s1. The molecule has 3 amide bonds. The molecule has 2 saturated heterocycles. The van der Waals surface area contributed by atoms with Gasteiger partial charge in [-0.1, -0.05) is 81.1 Å². The van der Waals surface area contributed by atoms with E-state index >= 15 is 0 Å². The highest BCUT2D eigenvalue weighted by Gasteiger charge is 2.70. The number of benzene rings is 2. The van der Waals surface area contributed by atoms with E-state index in [9.17, 15) is 14.4 Å². The Labute approximate surface area is 206 Å². The van der Waals surface area contributed by atoms with Gasteiger partial charge in [-0.3, -0.25) is 24.6 Å². The van der Waals surface area contributed by atoms with Crippen molar-refractivity contribution in [3.8, 4) is 0 Å². The number of hydrogen-bond donors (Lipinski definition) is 2. The van der Waals surface area contributed by atoms with Gasteiger partial charge in [0.25, 0.3) is 0 Å². The number of anilines is 1. The molecule has 6 nitrogen and oxygen atoms in total. The number of carbonyl (C=O) groups excluding carboxylic acids is 3. The molecule has 3 heterocycles. The molecule has 1 spiro atoms. The highest BCUT2D eigenvalue weighted by molar-refractivity contribution is 6.15. The number of likely N-dealkylation sites (tertiary alicyclic amines) is 1. The number of nitrogens with zero attached hydrogens (tertiary/aromatic N) is 1. The third-order valence-electron chi connectivity index (χ3n) is 8.74. The van der Waals surface area contributed by atoms with Crippen LogP contribution in [0.25, 0.3) is 0 Å². The van der Waals surface area contributed by atoms with Gasteiger partial charge in [-0.25, -0.2) is 0 Å². The Morgan fingerprint density at radius 2 is 1.66 bits per heavy atom. The van der Waals surface area contributed by atoms with Crippen molar-refractivity contribution in [1.29, 1.82) is 0 Å². The molecular formula is C29H33N3O3. The van der Waals surface area contributed by atoms with E-state index in [1.807, 2.05) is 48.5 Å². The van der Waals surface area contributed by atoms with Crippen LogP contribution in [0.2, 0.25) is 0 Å². The molecular weight excluding hydrogens is 438 g/mol. The first-order chi connectivity index (χ1) is 17.1. The van der Waals surface area contributed by atoms with Crippen LogP contribution in [0.1, 0.15) is 62.1 Å². The monoisotopic (exact) mass is 471 g/mol. The summed E-state index contributed by atoms with van der Waals surface area (Å²) < 4.78 is 0. The fourth-order valence-corrected chi connectivity index (χ4v) is 7.13. The van der Waals surface area contributed by atoms with Crippen LogP contribution in [-0.4, -0.2) is 34.7 Å². The van der Waals surface area contributed by atoms with Crippen molar-refractivity contribution in [3.63, 3.8) is 0 Å². The first-order valence-corrected chi connectivity index (χ1v) is 13.2. The highest BCUT2D eigenvalue weighted by Crippen LogP contribution is 2.54. The fraction of sp³-hybridized carbons (Fsp3) is 0.483. The normalized spacial score (nSPS) is 30.5. The highest BCUT2D eigenvalue weighted by atomic mass is 16.2. The first kappa shape index (κ1) is 22.5. The lowest BCUT2D eigenvalue weighted by Crippen LogP contribution is -2.54. The van der Waals surface area contributed by atoms with Crippen LogP contribution in [0.3, 0.4) is 0 Å². The lowest BCUT2D eigenvalue weighted by molar-refractivity contribution is -0.145. The maximum absolute atomic E-state index is 14.2. The molecule has 0 radical (unpaired) electrons. The molecule has 35 heavy (non-hydrogen) atoms. The van der Waals surface area contributed by atoms with Gasteiger partial charge in [0.2, 0.25) is 17.7 Å². The second-order valence-electron chi connectivity index (χ2n) is 10.6. The van der Waals surface area contributed by atoms with Gasteiger partial charge in [-0.2, -0.15) is 0 Å². The molecule has 2 N–H and O–H groups in total. The van der Waals surface area contributed by atoms with Crippen LogP contribution in [-0.2, 0) is 32.8 Å². The van der Waals surface area contributed by atoms with Crippen LogP contribution in [0.5, 0.6) is 0 Å². The zero-order chi connectivity index (χ0) is 24.2. The molecule has 2 aromatic rings. The molecule has 3 fully saturated rings. The number of fused-ring (bicyclic) bond motifs is 4. The summed E-state index contributed by atoms with van der Waals surface area (Å²) in [5, 5.41) is 6.69. The second kappa shape index (κ2) is 8.59. The van der Waals surface area contributed by atoms with Crippen molar-refractivity contribution in [3.05, 3.63) is 65.2 Å². The van der Waals surface area contributed by atoms with E-state index in [0.29, 0.717) is 6.42 Å². The van der Waals surface area contributed by atoms with Crippen LogP contribution in [0.4, 0.5) is 5.69 Å². The summed E-state index contributed by atoms with van der Waals surface area (Å²) >= 11 is 0. The summed E-state index contributed by atoms with van der Waals surface area (Å²) in [6.07, 6.45) is 7.48. The molecule has 0 unspecified atom stereocenters. The number of para-hydroxylation sites is 1. The SMILES string of the molecule is CCc1cccc2c1NC(=O)[C@@]21N[C@@H](Cc2ccccc2)[C@H]2C(=O)N(C3CCCCCC3)C(=O)[C@@H]21. The Balaban J connectivity index is 1.46. The maximum atomic E-state index is 14.2. The summed E-state index contributed by atoms with van der Waals surface area (Å²) in [5.74, 6) is -1.74. The number of imide groups is 1. The number of amides is 3. The molecule has 4 atom stereocenters. The van der Waals surface area contributed by atoms with E-state index in [-0.39, 0.29) is 29.8 Å². The smallest absolute Gasteiger partial charge is 0.250 e. The van der Waals surface area contributed by atoms with Gasteiger partial charge in [0.05, 0.1) is 11.8 Å². The minimum absolute atomic E-state index is 0.0524. The van der Waals surface area contributed by atoms with Crippen molar-refractivity contribution >= 4 is 23.4 Å². The lowest BCUT2D eigenvalue weighted by Gasteiger charge is -2.32. The molecule has 1 aliphatic carbocycles. The Bertz CT molecular complexity index is 1170. The average molecular weight is 472 g/mol. The molecule has 0 bridgehead atoms. The molecule has 4 aliphatic rings. The lowest BCUT2D eigenvalue weighted by atomic mass is 9.76. The Morgan fingerprint density at radius 3 is 2.37 bits per heavy atom. The van der Waals surface area contributed by atoms with Crippen molar-refractivity contribution in [2.75, 3.05) is 5.32 Å². The van der Waals surface area contributed by atoms with Gasteiger partial charge in [0.1, 0.15) is 5.54 Å². The van der Waals surface area contributed by atoms with Crippen molar-refractivity contribution in [1.82, 2.24) is 10.2 Å². The van der Waals surface area contributed by atoms with Gasteiger partial charge in [0.15, 0.2) is 0 Å². The zero-order valence-electron chi connectivity index (χ0n) is 20.3. The predicted octanol–water partition coefficient (Wildman–Crippen LogP) is 3.93. The zero-order valence-corrected chi connectivity index (χ0v) is 20.3. The van der Waals surface area contributed by atoms with Gasteiger partial charge >= 0.3 is 0 Å². The summed E-state index contributed by atoms with van der Waals surface area (Å²) in [5.41, 5.74) is 2.55. The first-order valence-electron chi connectivity index (χ1n) is 13.2. The Morgan fingerprint density at radius 1 is 0.914 bits per heavy atom. The van der Waals surface area contributed by atoms with Crippen molar-refractivity contribution in [2.24, 2.45) is 11.8 Å². The number of aryl methyl sites for hydroxylation is 1. The van der Waals surface area contributed by atoms with Crippen molar-refractivity contribution < 1.29 is 14.4 Å². The fourth-order valence-electron chi connectivity index (χ4n) is 7.13. The average Bonchev–Trinajstić information content (AvgIpc) is 3.33. The second-order valence-corrected chi connectivity index (χ2v) is 10.6. The molecule has 0 aromatic heterocycles. The summed E-state index contributed by atoms with van der Waals surface area (Å²) in [4.78, 5) is 43.6. The topological polar surface area (TPSA) is 78.5 Å². The van der Waals surface area contributed by atoms with Crippen molar-refractivity contribution in [2.45, 2.75) is 75.9 Å². The summed E-state index contributed by atoms with van der Waals surface area (Å²) in [7, 11) is 0. The van der Waals surface area contributed by atoms with Crippen LogP contribution >= 0.6 is 0 Å².